The van der Waals surface area contributed by atoms with Gasteiger partial charge in [-0.2, -0.15) is 0 Å². The predicted octanol–water partition coefficient (Wildman–Crippen LogP) is 4.28. The van der Waals surface area contributed by atoms with Crippen molar-refractivity contribution in [2.75, 3.05) is 0 Å². The molecule has 2 nitrogen and oxygen atoms in total. The number of benzene rings is 2. The van der Waals surface area contributed by atoms with Gasteiger partial charge in [0, 0.05) is 12.1 Å². The molecular weight excluding hydrogens is 333 g/mol. The summed E-state index contributed by atoms with van der Waals surface area (Å²) in [6.45, 7) is 0.651. The third-order valence-electron chi connectivity index (χ3n) is 2.64. The van der Waals surface area contributed by atoms with Crippen LogP contribution < -0.4 is 10.5 Å². The van der Waals surface area contributed by atoms with E-state index in [-0.39, 0.29) is 5.82 Å². The van der Waals surface area contributed by atoms with E-state index in [4.69, 9.17) is 22.1 Å². The topological polar surface area (TPSA) is 35.2 Å². The highest BCUT2D eigenvalue weighted by Gasteiger charge is 2.08. The average molecular weight is 345 g/mol. The third-order valence-corrected chi connectivity index (χ3v) is 3.54. The summed E-state index contributed by atoms with van der Waals surface area (Å²) in [6, 6.07) is 10.2. The second-order valence-corrected chi connectivity index (χ2v) is 5.23. The second kappa shape index (κ2) is 6.37. The Labute approximate surface area is 124 Å². The van der Waals surface area contributed by atoms with Crippen LogP contribution in [0, 0.1) is 5.82 Å². The molecule has 2 aromatic rings. The lowest BCUT2D eigenvalue weighted by molar-refractivity contribution is 0.303. The highest BCUT2D eigenvalue weighted by Crippen LogP contribution is 2.29. The maximum absolute atomic E-state index is 13.1. The molecule has 0 unspecified atom stereocenters. The first-order valence-electron chi connectivity index (χ1n) is 5.66. The van der Waals surface area contributed by atoms with Crippen molar-refractivity contribution in [1.82, 2.24) is 0 Å². The van der Waals surface area contributed by atoms with Crippen LogP contribution in [-0.2, 0) is 13.2 Å². The van der Waals surface area contributed by atoms with Gasteiger partial charge in [-0.05, 0) is 39.7 Å². The van der Waals surface area contributed by atoms with Crippen molar-refractivity contribution in [3.05, 3.63) is 62.8 Å². The molecule has 0 aliphatic rings. The number of rotatable bonds is 4. The van der Waals surface area contributed by atoms with E-state index >= 15 is 0 Å². The van der Waals surface area contributed by atoms with Gasteiger partial charge in [0.2, 0.25) is 0 Å². The molecular formula is C14H12BrClFNO. The molecule has 0 fully saturated rings. The molecule has 0 radical (unpaired) electrons. The van der Waals surface area contributed by atoms with Gasteiger partial charge in [0.15, 0.2) is 0 Å². The quantitative estimate of drug-likeness (QED) is 0.898. The molecule has 0 aromatic heterocycles. The number of halogens is 3. The van der Waals surface area contributed by atoms with Crippen molar-refractivity contribution >= 4 is 27.5 Å². The van der Waals surface area contributed by atoms with Crippen LogP contribution in [0.25, 0.3) is 0 Å². The molecule has 19 heavy (non-hydrogen) atoms. The van der Waals surface area contributed by atoms with E-state index in [1.807, 2.05) is 12.1 Å². The molecule has 0 bridgehead atoms. The Morgan fingerprint density at radius 1 is 1.26 bits per heavy atom. The number of hydrogen-bond donors (Lipinski definition) is 1. The van der Waals surface area contributed by atoms with E-state index in [1.54, 1.807) is 18.2 Å². The molecule has 0 atom stereocenters. The minimum atomic E-state index is -0.302. The molecule has 2 N–H and O–H groups in total. The van der Waals surface area contributed by atoms with Gasteiger partial charge in [0.05, 0.1) is 9.50 Å². The van der Waals surface area contributed by atoms with Crippen LogP contribution in [0.3, 0.4) is 0 Å². The van der Waals surface area contributed by atoms with Crippen LogP contribution >= 0.6 is 27.5 Å². The summed E-state index contributed by atoms with van der Waals surface area (Å²) in [5, 5.41) is 0.518. The maximum Gasteiger partial charge on any atom is 0.142 e. The molecule has 0 amide bonds. The Bertz CT molecular complexity index is 592. The number of hydrogen-bond acceptors (Lipinski definition) is 2. The number of ether oxygens (including phenoxy) is 1. The van der Waals surface area contributed by atoms with Crippen LogP contribution in [0.2, 0.25) is 5.02 Å². The fraction of sp³-hybridized carbons (Fsp3) is 0.143. The number of nitrogens with two attached hydrogens (primary N) is 1. The van der Waals surface area contributed by atoms with Crippen LogP contribution in [0.15, 0.2) is 40.9 Å². The maximum atomic E-state index is 13.1. The SMILES string of the molecule is NCc1cccc(Cl)c1OCc1ccc(F)c(Br)c1. The molecule has 0 spiro atoms. The summed E-state index contributed by atoms with van der Waals surface area (Å²) in [6.07, 6.45) is 0. The molecule has 100 valence electrons. The van der Waals surface area contributed by atoms with Crippen molar-refractivity contribution in [3.8, 4) is 5.75 Å². The fourth-order valence-electron chi connectivity index (χ4n) is 1.66. The lowest BCUT2D eigenvalue weighted by Crippen LogP contribution is -2.03. The largest absolute Gasteiger partial charge is 0.487 e. The van der Waals surface area contributed by atoms with E-state index in [0.717, 1.165) is 11.1 Å². The lowest BCUT2D eigenvalue weighted by atomic mass is 10.2. The van der Waals surface area contributed by atoms with Gasteiger partial charge in [-0.1, -0.05) is 29.8 Å². The van der Waals surface area contributed by atoms with Crippen molar-refractivity contribution in [1.29, 1.82) is 0 Å². The fourth-order valence-corrected chi connectivity index (χ4v) is 2.34. The van der Waals surface area contributed by atoms with Gasteiger partial charge in [-0.3, -0.25) is 0 Å². The van der Waals surface area contributed by atoms with E-state index in [2.05, 4.69) is 15.9 Å². The van der Waals surface area contributed by atoms with E-state index in [9.17, 15) is 4.39 Å². The Kier molecular flexibility index (Phi) is 4.80. The number of para-hydroxylation sites is 1. The molecule has 0 aliphatic carbocycles. The molecule has 0 aliphatic heterocycles. The molecule has 0 heterocycles. The van der Waals surface area contributed by atoms with Crippen LogP contribution in [-0.4, -0.2) is 0 Å². The molecule has 0 saturated carbocycles. The Morgan fingerprint density at radius 2 is 2.05 bits per heavy atom. The van der Waals surface area contributed by atoms with Gasteiger partial charge in [0.25, 0.3) is 0 Å². The zero-order valence-electron chi connectivity index (χ0n) is 10.00. The summed E-state index contributed by atoms with van der Waals surface area (Å²) in [4.78, 5) is 0. The molecule has 5 heteroatoms. The second-order valence-electron chi connectivity index (χ2n) is 3.97. The van der Waals surface area contributed by atoms with Gasteiger partial charge >= 0.3 is 0 Å². The summed E-state index contributed by atoms with van der Waals surface area (Å²) in [5.74, 6) is 0.274. The Hall–Kier alpha value is -1.10. The first-order valence-corrected chi connectivity index (χ1v) is 6.83. The standard InChI is InChI=1S/C14H12BrClFNO/c15-11-6-9(4-5-13(11)17)8-19-14-10(7-18)2-1-3-12(14)16/h1-6H,7-8,18H2. The van der Waals surface area contributed by atoms with Gasteiger partial charge in [-0.15, -0.1) is 0 Å². The molecule has 2 rings (SSSR count). The van der Waals surface area contributed by atoms with Gasteiger partial charge < -0.3 is 10.5 Å². The van der Waals surface area contributed by atoms with E-state index in [1.165, 1.54) is 6.07 Å². The molecule has 0 saturated heterocycles. The van der Waals surface area contributed by atoms with Crippen molar-refractivity contribution < 1.29 is 9.13 Å². The lowest BCUT2D eigenvalue weighted by Gasteiger charge is -2.12. The van der Waals surface area contributed by atoms with Crippen molar-refractivity contribution in [2.24, 2.45) is 5.73 Å². The van der Waals surface area contributed by atoms with E-state index < -0.39 is 0 Å². The zero-order valence-corrected chi connectivity index (χ0v) is 12.3. The predicted molar refractivity (Wildman–Crippen MR) is 77.8 cm³/mol. The molecule has 2 aromatic carbocycles. The van der Waals surface area contributed by atoms with E-state index in [0.29, 0.717) is 28.4 Å². The van der Waals surface area contributed by atoms with Crippen LogP contribution in [0.5, 0.6) is 5.75 Å². The highest BCUT2D eigenvalue weighted by atomic mass is 79.9. The average Bonchev–Trinajstić information content (AvgIpc) is 2.41. The third kappa shape index (κ3) is 3.47. The summed E-state index contributed by atoms with van der Waals surface area (Å²) < 4.78 is 19.2. The van der Waals surface area contributed by atoms with Crippen molar-refractivity contribution in [2.45, 2.75) is 13.2 Å². The van der Waals surface area contributed by atoms with Gasteiger partial charge in [0.1, 0.15) is 18.2 Å². The van der Waals surface area contributed by atoms with Crippen LogP contribution in [0.4, 0.5) is 4.39 Å². The Balaban J connectivity index is 2.16. The summed E-state index contributed by atoms with van der Waals surface area (Å²) >= 11 is 9.22. The van der Waals surface area contributed by atoms with Crippen LogP contribution in [0.1, 0.15) is 11.1 Å². The normalized spacial score (nSPS) is 10.5. The Morgan fingerprint density at radius 3 is 2.74 bits per heavy atom. The highest BCUT2D eigenvalue weighted by molar-refractivity contribution is 9.10. The smallest absolute Gasteiger partial charge is 0.142 e. The zero-order chi connectivity index (χ0) is 13.8. The summed E-state index contributed by atoms with van der Waals surface area (Å²) in [5.41, 5.74) is 7.32. The first-order chi connectivity index (χ1) is 9.11. The monoisotopic (exact) mass is 343 g/mol. The summed E-state index contributed by atoms with van der Waals surface area (Å²) in [7, 11) is 0. The van der Waals surface area contributed by atoms with Crippen molar-refractivity contribution in [3.63, 3.8) is 0 Å². The van der Waals surface area contributed by atoms with Gasteiger partial charge in [-0.25, -0.2) is 4.39 Å². The minimum Gasteiger partial charge on any atom is -0.487 e. The first kappa shape index (κ1) is 14.3. The minimum absolute atomic E-state index is 0.301.